The third-order valence-corrected chi connectivity index (χ3v) is 5.32. The first-order valence-corrected chi connectivity index (χ1v) is 9.26. The van der Waals surface area contributed by atoms with Crippen LogP contribution in [0.4, 0.5) is 11.4 Å². The first-order chi connectivity index (χ1) is 12.9. The lowest BCUT2D eigenvalue weighted by Crippen LogP contribution is -2.39. The summed E-state index contributed by atoms with van der Waals surface area (Å²) in [6, 6.07) is 13.5. The minimum atomic E-state index is -0.889. The summed E-state index contributed by atoms with van der Waals surface area (Å²) >= 11 is 3.35. The molecule has 0 aromatic heterocycles. The zero-order chi connectivity index (χ0) is 19.3. The van der Waals surface area contributed by atoms with E-state index in [0.29, 0.717) is 11.4 Å². The van der Waals surface area contributed by atoms with Crippen LogP contribution in [0.15, 0.2) is 58.1 Å². The van der Waals surface area contributed by atoms with Crippen molar-refractivity contribution in [2.75, 3.05) is 9.91 Å². The van der Waals surface area contributed by atoms with E-state index in [0.717, 1.165) is 14.9 Å². The quantitative estimate of drug-likeness (QED) is 0.708. The molecule has 1 saturated heterocycles. The van der Waals surface area contributed by atoms with Gasteiger partial charge in [0, 0.05) is 11.4 Å². The van der Waals surface area contributed by atoms with Crippen molar-refractivity contribution in [2.24, 2.45) is 11.0 Å². The molecule has 2 amide bonds. The maximum atomic E-state index is 13.2. The number of Topliss-reactive ketones (excluding diaryl/α,β-unsaturated/α-hetero) is 1. The van der Waals surface area contributed by atoms with Crippen LogP contribution in [0.2, 0.25) is 0 Å². The number of ketones is 1. The highest BCUT2D eigenvalue weighted by Crippen LogP contribution is 2.38. The highest BCUT2D eigenvalue weighted by Gasteiger charge is 2.58. The van der Waals surface area contributed by atoms with E-state index < -0.39 is 17.9 Å². The van der Waals surface area contributed by atoms with Gasteiger partial charge in [-0.05, 0) is 43.3 Å². The largest absolute Gasteiger partial charge is 0.293 e. The monoisotopic (exact) mass is 425 g/mol. The summed E-state index contributed by atoms with van der Waals surface area (Å²) in [5, 5.41) is 5.84. The van der Waals surface area contributed by atoms with Gasteiger partial charge < -0.3 is 0 Å². The SMILES string of the molecule is CC(=O)C1=NN(c2ccc(C)cc2)[C@H]2C(=O)N(c3ccc(Br)cc3)C(=O)[C@H]12. The van der Waals surface area contributed by atoms with Gasteiger partial charge in [0.15, 0.2) is 5.78 Å². The van der Waals surface area contributed by atoms with Crippen LogP contribution in [-0.2, 0) is 14.4 Å². The van der Waals surface area contributed by atoms with Gasteiger partial charge in [0.05, 0.1) is 11.4 Å². The van der Waals surface area contributed by atoms with Crippen LogP contribution >= 0.6 is 15.9 Å². The summed E-state index contributed by atoms with van der Waals surface area (Å²) in [5.74, 6) is -2.00. The maximum absolute atomic E-state index is 13.2. The molecular weight excluding hydrogens is 410 g/mol. The van der Waals surface area contributed by atoms with E-state index in [-0.39, 0.29) is 17.4 Å². The molecule has 2 aromatic rings. The number of hydrogen-bond donors (Lipinski definition) is 0. The molecule has 6 nitrogen and oxygen atoms in total. The summed E-state index contributed by atoms with van der Waals surface area (Å²) < 4.78 is 0.845. The lowest BCUT2D eigenvalue weighted by atomic mass is 9.95. The molecular formula is C20H16BrN3O3. The molecule has 0 saturated carbocycles. The summed E-state index contributed by atoms with van der Waals surface area (Å²) in [5.41, 5.74) is 2.34. The molecule has 2 atom stereocenters. The first kappa shape index (κ1) is 17.6. The van der Waals surface area contributed by atoms with Crippen molar-refractivity contribution in [3.8, 4) is 0 Å². The second-order valence-electron chi connectivity index (χ2n) is 6.63. The molecule has 136 valence electrons. The van der Waals surface area contributed by atoms with Gasteiger partial charge in [-0.2, -0.15) is 5.10 Å². The van der Waals surface area contributed by atoms with E-state index in [1.165, 1.54) is 11.9 Å². The van der Waals surface area contributed by atoms with Crippen LogP contribution < -0.4 is 9.91 Å². The predicted octanol–water partition coefficient (Wildman–Crippen LogP) is 3.08. The summed E-state index contributed by atoms with van der Waals surface area (Å²) in [6.07, 6.45) is 0. The van der Waals surface area contributed by atoms with Crippen molar-refractivity contribution < 1.29 is 14.4 Å². The van der Waals surface area contributed by atoms with Crippen LogP contribution in [0.3, 0.4) is 0 Å². The predicted molar refractivity (Wildman–Crippen MR) is 106 cm³/mol. The second-order valence-corrected chi connectivity index (χ2v) is 7.55. The minimum absolute atomic E-state index is 0.124. The Morgan fingerprint density at radius 1 is 0.963 bits per heavy atom. The number of benzene rings is 2. The van der Waals surface area contributed by atoms with Crippen molar-refractivity contribution in [3.63, 3.8) is 0 Å². The molecule has 4 rings (SSSR count). The van der Waals surface area contributed by atoms with Crippen LogP contribution in [0.5, 0.6) is 0 Å². The number of hydrogen-bond acceptors (Lipinski definition) is 5. The molecule has 2 aromatic carbocycles. The smallest absolute Gasteiger partial charge is 0.259 e. The number of halogens is 1. The Labute approximate surface area is 164 Å². The van der Waals surface area contributed by atoms with Gasteiger partial charge in [-0.3, -0.25) is 19.4 Å². The Morgan fingerprint density at radius 3 is 2.15 bits per heavy atom. The minimum Gasteiger partial charge on any atom is -0.293 e. The summed E-state index contributed by atoms with van der Waals surface area (Å²) in [7, 11) is 0. The number of hydrazone groups is 1. The van der Waals surface area contributed by atoms with Gasteiger partial charge in [0.25, 0.3) is 5.91 Å². The Bertz CT molecular complexity index is 983. The fraction of sp³-hybridized carbons (Fsp3) is 0.200. The highest BCUT2D eigenvalue weighted by atomic mass is 79.9. The fourth-order valence-corrected chi connectivity index (χ4v) is 3.72. The highest BCUT2D eigenvalue weighted by molar-refractivity contribution is 9.10. The molecule has 1 fully saturated rings. The zero-order valence-corrected chi connectivity index (χ0v) is 16.3. The van der Waals surface area contributed by atoms with E-state index in [4.69, 9.17) is 0 Å². The second kappa shape index (κ2) is 6.42. The molecule has 27 heavy (non-hydrogen) atoms. The molecule has 2 aliphatic rings. The zero-order valence-electron chi connectivity index (χ0n) is 14.7. The number of carbonyl (C=O) groups excluding carboxylic acids is 3. The Kier molecular flexibility index (Phi) is 4.19. The number of nitrogens with zero attached hydrogens (tertiary/aromatic N) is 3. The van der Waals surface area contributed by atoms with E-state index in [9.17, 15) is 14.4 Å². The average Bonchev–Trinajstić information content (AvgIpc) is 3.15. The van der Waals surface area contributed by atoms with Gasteiger partial charge in [-0.1, -0.05) is 33.6 Å². The molecule has 0 unspecified atom stereocenters. The summed E-state index contributed by atoms with van der Waals surface area (Å²) in [4.78, 5) is 39.5. The van der Waals surface area contributed by atoms with Crippen molar-refractivity contribution in [1.29, 1.82) is 0 Å². The van der Waals surface area contributed by atoms with E-state index >= 15 is 0 Å². The maximum Gasteiger partial charge on any atom is 0.259 e. The third-order valence-electron chi connectivity index (χ3n) is 4.79. The number of anilines is 2. The molecule has 2 heterocycles. The number of rotatable bonds is 3. The number of imide groups is 1. The lowest BCUT2D eigenvalue weighted by Gasteiger charge is -2.22. The van der Waals surface area contributed by atoms with Crippen LogP contribution in [-0.4, -0.2) is 29.4 Å². The molecule has 7 heteroatoms. The van der Waals surface area contributed by atoms with Gasteiger partial charge in [-0.15, -0.1) is 0 Å². The van der Waals surface area contributed by atoms with Crippen LogP contribution in [0.1, 0.15) is 12.5 Å². The van der Waals surface area contributed by atoms with Crippen molar-refractivity contribution in [2.45, 2.75) is 19.9 Å². The first-order valence-electron chi connectivity index (χ1n) is 8.47. The van der Waals surface area contributed by atoms with Gasteiger partial charge in [0.1, 0.15) is 17.7 Å². The molecule has 2 aliphatic heterocycles. The Morgan fingerprint density at radius 2 is 1.56 bits per heavy atom. The number of fused-ring (bicyclic) bond motifs is 1. The Balaban J connectivity index is 1.79. The Hall–Kier alpha value is -2.80. The number of carbonyl (C=O) groups is 3. The van der Waals surface area contributed by atoms with Gasteiger partial charge in [-0.25, -0.2) is 4.90 Å². The average molecular weight is 426 g/mol. The normalized spacial score (nSPS) is 21.5. The van der Waals surface area contributed by atoms with E-state index in [1.807, 2.05) is 31.2 Å². The number of amides is 2. The lowest BCUT2D eigenvalue weighted by molar-refractivity contribution is -0.122. The molecule has 0 N–H and O–H groups in total. The van der Waals surface area contributed by atoms with Crippen molar-refractivity contribution in [3.05, 3.63) is 58.6 Å². The number of aryl methyl sites for hydroxylation is 1. The molecule has 0 aliphatic carbocycles. The molecule has 0 spiro atoms. The molecule has 0 bridgehead atoms. The van der Waals surface area contributed by atoms with Gasteiger partial charge >= 0.3 is 0 Å². The fourth-order valence-electron chi connectivity index (χ4n) is 3.46. The standard InChI is InChI=1S/C20H16BrN3O3/c1-11-3-7-15(8-4-11)24-18-16(17(22-24)12(2)25)19(26)23(20(18)27)14-9-5-13(21)6-10-14/h3-10,16,18H,1-2H3/t16-,18-/m1/s1. The van der Waals surface area contributed by atoms with Crippen LogP contribution in [0.25, 0.3) is 0 Å². The van der Waals surface area contributed by atoms with Crippen molar-refractivity contribution in [1.82, 2.24) is 0 Å². The molecule has 0 radical (unpaired) electrons. The topological polar surface area (TPSA) is 70.1 Å². The van der Waals surface area contributed by atoms with E-state index in [2.05, 4.69) is 21.0 Å². The van der Waals surface area contributed by atoms with E-state index in [1.54, 1.807) is 24.3 Å². The summed E-state index contributed by atoms with van der Waals surface area (Å²) in [6.45, 7) is 3.33. The third kappa shape index (κ3) is 2.78. The van der Waals surface area contributed by atoms with Crippen molar-refractivity contribution >= 4 is 50.6 Å². The van der Waals surface area contributed by atoms with Gasteiger partial charge in [0.2, 0.25) is 5.91 Å². The van der Waals surface area contributed by atoms with Crippen LogP contribution in [0, 0.1) is 12.8 Å².